The predicted octanol–water partition coefficient (Wildman–Crippen LogP) is 3.38. The fourth-order valence-corrected chi connectivity index (χ4v) is 2.73. The van der Waals surface area contributed by atoms with E-state index in [0.717, 1.165) is 11.3 Å². The quantitative estimate of drug-likeness (QED) is 0.842. The standard InChI is InChI=1S/C17H22O2/c1-2-15-7-3-4-8-17(15)19-16-11-9-14(10-12-16)6-5-13-18/h9-12,15,17-18H,2-4,7-8,13H2,1H3. The summed E-state index contributed by atoms with van der Waals surface area (Å²) in [6.45, 7) is 2.15. The maximum Gasteiger partial charge on any atom is 0.119 e. The first-order chi connectivity index (χ1) is 9.33. The normalized spacial score (nSPS) is 22.4. The molecule has 0 amide bonds. The number of rotatable bonds is 3. The van der Waals surface area contributed by atoms with Crippen LogP contribution in [-0.2, 0) is 0 Å². The predicted molar refractivity (Wildman–Crippen MR) is 77.1 cm³/mol. The molecule has 1 saturated carbocycles. The van der Waals surface area contributed by atoms with E-state index in [1.165, 1.54) is 32.1 Å². The number of aliphatic hydroxyl groups excluding tert-OH is 1. The molecule has 2 rings (SSSR count). The molecule has 1 N–H and O–H groups in total. The van der Waals surface area contributed by atoms with E-state index in [9.17, 15) is 0 Å². The minimum absolute atomic E-state index is 0.0987. The molecule has 0 radical (unpaired) electrons. The molecule has 19 heavy (non-hydrogen) atoms. The van der Waals surface area contributed by atoms with Crippen molar-refractivity contribution >= 4 is 0 Å². The van der Waals surface area contributed by atoms with Crippen LogP contribution in [0.25, 0.3) is 0 Å². The molecule has 0 heterocycles. The summed E-state index contributed by atoms with van der Waals surface area (Å²) in [7, 11) is 0. The average molecular weight is 258 g/mol. The molecule has 2 nitrogen and oxygen atoms in total. The maximum atomic E-state index is 8.66. The van der Waals surface area contributed by atoms with Crippen LogP contribution < -0.4 is 4.74 Å². The molecule has 2 heteroatoms. The fourth-order valence-electron chi connectivity index (χ4n) is 2.73. The van der Waals surface area contributed by atoms with Crippen molar-refractivity contribution in [1.82, 2.24) is 0 Å². The lowest BCUT2D eigenvalue weighted by Gasteiger charge is -2.31. The monoisotopic (exact) mass is 258 g/mol. The van der Waals surface area contributed by atoms with Gasteiger partial charge in [0.2, 0.25) is 0 Å². The summed E-state index contributed by atoms with van der Waals surface area (Å²) >= 11 is 0. The Hall–Kier alpha value is -1.46. The smallest absolute Gasteiger partial charge is 0.119 e. The molecule has 0 aromatic heterocycles. The Morgan fingerprint density at radius 1 is 1.21 bits per heavy atom. The van der Waals surface area contributed by atoms with Crippen molar-refractivity contribution in [3.05, 3.63) is 29.8 Å². The second-order valence-corrected chi connectivity index (χ2v) is 5.09. The highest BCUT2D eigenvalue weighted by molar-refractivity contribution is 5.38. The lowest BCUT2D eigenvalue weighted by atomic mass is 9.85. The molecule has 1 fully saturated rings. The fraction of sp³-hybridized carbons (Fsp3) is 0.529. The highest BCUT2D eigenvalue weighted by atomic mass is 16.5. The van der Waals surface area contributed by atoms with Crippen molar-refractivity contribution in [3.8, 4) is 17.6 Å². The molecule has 1 aromatic carbocycles. The molecule has 0 spiro atoms. The van der Waals surface area contributed by atoms with Crippen LogP contribution in [0.1, 0.15) is 44.6 Å². The van der Waals surface area contributed by atoms with Gasteiger partial charge in [0.15, 0.2) is 0 Å². The van der Waals surface area contributed by atoms with Gasteiger partial charge in [0.05, 0.1) is 0 Å². The lowest BCUT2D eigenvalue weighted by Crippen LogP contribution is -2.29. The Kier molecular flexibility index (Phi) is 5.30. The van der Waals surface area contributed by atoms with Gasteiger partial charge in [-0.3, -0.25) is 0 Å². The highest BCUT2D eigenvalue weighted by Gasteiger charge is 2.25. The van der Waals surface area contributed by atoms with E-state index < -0.39 is 0 Å². The number of benzene rings is 1. The van der Waals surface area contributed by atoms with Crippen molar-refractivity contribution in [2.75, 3.05) is 6.61 Å². The molecule has 1 aliphatic rings. The van der Waals surface area contributed by atoms with Gasteiger partial charge in [-0.1, -0.05) is 25.2 Å². The van der Waals surface area contributed by atoms with Gasteiger partial charge in [-0.15, -0.1) is 0 Å². The minimum atomic E-state index is -0.0987. The van der Waals surface area contributed by atoms with Gasteiger partial charge in [-0.25, -0.2) is 0 Å². The molecule has 2 unspecified atom stereocenters. The first kappa shape index (κ1) is 14.0. The van der Waals surface area contributed by atoms with Gasteiger partial charge >= 0.3 is 0 Å². The molecule has 1 aliphatic carbocycles. The summed E-state index contributed by atoms with van der Waals surface area (Å²) in [6, 6.07) is 7.84. The van der Waals surface area contributed by atoms with Crippen LogP contribution in [0.4, 0.5) is 0 Å². The van der Waals surface area contributed by atoms with E-state index in [1.54, 1.807) is 0 Å². The Balaban J connectivity index is 1.98. The van der Waals surface area contributed by atoms with Gasteiger partial charge in [-0.05, 0) is 55.9 Å². The molecular formula is C17H22O2. The summed E-state index contributed by atoms with van der Waals surface area (Å²) in [5.41, 5.74) is 0.914. The van der Waals surface area contributed by atoms with Gasteiger partial charge < -0.3 is 9.84 Å². The zero-order valence-electron chi connectivity index (χ0n) is 11.6. The molecule has 102 valence electrons. The summed E-state index contributed by atoms with van der Waals surface area (Å²) in [6.07, 6.45) is 6.65. The number of hydrogen-bond donors (Lipinski definition) is 1. The van der Waals surface area contributed by atoms with Crippen LogP contribution in [0.2, 0.25) is 0 Å². The highest BCUT2D eigenvalue weighted by Crippen LogP contribution is 2.30. The first-order valence-corrected chi connectivity index (χ1v) is 7.20. The van der Waals surface area contributed by atoms with E-state index in [2.05, 4.69) is 18.8 Å². The average Bonchev–Trinajstić information content (AvgIpc) is 2.47. The largest absolute Gasteiger partial charge is 0.490 e. The third-order valence-corrected chi connectivity index (χ3v) is 3.82. The van der Waals surface area contributed by atoms with Crippen molar-refractivity contribution in [2.24, 2.45) is 5.92 Å². The van der Waals surface area contributed by atoms with E-state index in [4.69, 9.17) is 9.84 Å². The van der Waals surface area contributed by atoms with Crippen LogP contribution in [-0.4, -0.2) is 17.8 Å². The number of hydrogen-bond acceptors (Lipinski definition) is 2. The van der Waals surface area contributed by atoms with Crippen LogP contribution in [0.3, 0.4) is 0 Å². The molecular weight excluding hydrogens is 236 g/mol. The molecule has 0 saturated heterocycles. The molecule has 2 atom stereocenters. The second-order valence-electron chi connectivity index (χ2n) is 5.09. The van der Waals surface area contributed by atoms with Gasteiger partial charge in [0.1, 0.15) is 18.5 Å². The van der Waals surface area contributed by atoms with E-state index >= 15 is 0 Å². The third-order valence-electron chi connectivity index (χ3n) is 3.82. The zero-order chi connectivity index (χ0) is 13.5. The Morgan fingerprint density at radius 3 is 2.63 bits per heavy atom. The summed E-state index contributed by atoms with van der Waals surface area (Å²) in [5, 5.41) is 8.66. The molecule has 0 bridgehead atoms. The summed E-state index contributed by atoms with van der Waals surface area (Å²) in [5.74, 6) is 7.16. The van der Waals surface area contributed by atoms with Crippen molar-refractivity contribution in [2.45, 2.75) is 45.1 Å². The summed E-state index contributed by atoms with van der Waals surface area (Å²) in [4.78, 5) is 0. The Morgan fingerprint density at radius 2 is 1.95 bits per heavy atom. The molecule has 1 aromatic rings. The SMILES string of the molecule is CCC1CCCCC1Oc1ccc(C#CCO)cc1. The van der Waals surface area contributed by atoms with Crippen molar-refractivity contribution in [1.29, 1.82) is 0 Å². The topological polar surface area (TPSA) is 29.5 Å². The van der Waals surface area contributed by atoms with E-state index in [0.29, 0.717) is 12.0 Å². The number of aliphatic hydroxyl groups is 1. The third kappa shape index (κ3) is 4.01. The maximum absolute atomic E-state index is 8.66. The van der Waals surface area contributed by atoms with E-state index in [-0.39, 0.29) is 6.61 Å². The van der Waals surface area contributed by atoms with Crippen LogP contribution in [0, 0.1) is 17.8 Å². The Bertz CT molecular complexity index is 439. The van der Waals surface area contributed by atoms with Gasteiger partial charge in [0, 0.05) is 5.56 Å². The van der Waals surface area contributed by atoms with Crippen LogP contribution in [0.5, 0.6) is 5.75 Å². The number of ether oxygens (including phenoxy) is 1. The zero-order valence-corrected chi connectivity index (χ0v) is 11.6. The van der Waals surface area contributed by atoms with Crippen molar-refractivity contribution < 1.29 is 9.84 Å². The van der Waals surface area contributed by atoms with E-state index in [1.807, 2.05) is 24.3 Å². The van der Waals surface area contributed by atoms with Gasteiger partial charge in [-0.2, -0.15) is 0 Å². The Labute approximate surface area is 115 Å². The van der Waals surface area contributed by atoms with Crippen LogP contribution >= 0.6 is 0 Å². The van der Waals surface area contributed by atoms with Crippen LogP contribution in [0.15, 0.2) is 24.3 Å². The summed E-state index contributed by atoms with van der Waals surface area (Å²) < 4.78 is 6.12. The second kappa shape index (κ2) is 7.21. The van der Waals surface area contributed by atoms with Gasteiger partial charge in [0.25, 0.3) is 0 Å². The lowest BCUT2D eigenvalue weighted by molar-refractivity contribution is 0.0904. The van der Waals surface area contributed by atoms with Crippen molar-refractivity contribution in [3.63, 3.8) is 0 Å². The minimum Gasteiger partial charge on any atom is -0.490 e. The molecule has 0 aliphatic heterocycles. The first-order valence-electron chi connectivity index (χ1n) is 7.20.